The summed E-state index contributed by atoms with van der Waals surface area (Å²) in [6, 6.07) is 3.47. The number of amides is 2. The van der Waals surface area contributed by atoms with E-state index in [0.717, 1.165) is 19.3 Å². The molecule has 1 saturated heterocycles. The van der Waals surface area contributed by atoms with Crippen LogP contribution in [0.1, 0.15) is 38.1 Å². The van der Waals surface area contributed by atoms with Crippen LogP contribution in [-0.4, -0.2) is 57.3 Å². The van der Waals surface area contributed by atoms with Gasteiger partial charge in [-0.2, -0.15) is 0 Å². The van der Waals surface area contributed by atoms with Gasteiger partial charge in [0.2, 0.25) is 5.91 Å². The van der Waals surface area contributed by atoms with Crippen LogP contribution in [0.25, 0.3) is 11.3 Å². The third-order valence-corrected chi connectivity index (χ3v) is 6.82. The van der Waals surface area contributed by atoms with Gasteiger partial charge in [-0.25, -0.2) is 14.2 Å². The SMILES string of the molecule is CO[C@H](C)[C@H](NC(=O)O)C(=O)N1C(c2ncc(-c3ccc(Br)cc3F)[nH]2)[C@H]2CC[C@@H]1C2. The van der Waals surface area contributed by atoms with E-state index in [2.05, 4.69) is 31.2 Å². The molecule has 0 radical (unpaired) electrons. The number of carboxylic acid groups (broad SMARTS) is 1. The molecule has 10 heteroatoms. The summed E-state index contributed by atoms with van der Waals surface area (Å²) in [5.74, 6) is 0.0786. The first-order valence-electron chi connectivity index (χ1n) is 10.1. The lowest BCUT2D eigenvalue weighted by atomic mass is 9.97. The smallest absolute Gasteiger partial charge is 0.405 e. The van der Waals surface area contributed by atoms with Gasteiger partial charge in [0.1, 0.15) is 17.7 Å². The first-order chi connectivity index (χ1) is 14.8. The molecule has 31 heavy (non-hydrogen) atoms. The Morgan fingerprint density at radius 3 is 2.87 bits per heavy atom. The van der Waals surface area contributed by atoms with Crippen molar-refractivity contribution in [3.05, 3.63) is 40.5 Å². The van der Waals surface area contributed by atoms with E-state index < -0.39 is 18.2 Å². The van der Waals surface area contributed by atoms with Crippen molar-refractivity contribution in [1.29, 1.82) is 0 Å². The van der Waals surface area contributed by atoms with Gasteiger partial charge < -0.3 is 25.0 Å². The molecule has 2 fully saturated rings. The number of hydrogen-bond donors (Lipinski definition) is 3. The van der Waals surface area contributed by atoms with Crippen LogP contribution in [0.3, 0.4) is 0 Å². The zero-order chi connectivity index (χ0) is 22.3. The topological polar surface area (TPSA) is 108 Å². The normalized spacial score (nSPS) is 24.3. The molecule has 2 amide bonds. The molecule has 0 spiro atoms. The second-order valence-corrected chi connectivity index (χ2v) is 9.01. The predicted molar refractivity (Wildman–Crippen MR) is 114 cm³/mol. The number of fused-ring (bicyclic) bond motifs is 2. The number of imidazole rings is 1. The molecule has 2 bridgehead atoms. The summed E-state index contributed by atoms with van der Waals surface area (Å²) >= 11 is 3.25. The van der Waals surface area contributed by atoms with Gasteiger partial charge >= 0.3 is 6.09 Å². The number of H-pyrrole nitrogens is 1. The van der Waals surface area contributed by atoms with Gasteiger partial charge in [-0.3, -0.25) is 4.79 Å². The second kappa shape index (κ2) is 8.58. The van der Waals surface area contributed by atoms with Gasteiger partial charge in [0.15, 0.2) is 0 Å². The average Bonchev–Trinajstić information content (AvgIpc) is 3.46. The molecule has 2 aromatic rings. The molecule has 1 aliphatic heterocycles. The summed E-state index contributed by atoms with van der Waals surface area (Å²) in [5, 5.41) is 11.5. The molecule has 3 N–H and O–H groups in total. The number of nitrogens with zero attached hydrogens (tertiary/aromatic N) is 2. The molecule has 2 heterocycles. The van der Waals surface area contributed by atoms with Crippen LogP contribution < -0.4 is 5.32 Å². The Labute approximate surface area is 187 Å². The number of ether oxygens (including phenoxy) is 1. The molecule has 166 valence electrons. The van der Waals surface area contributed by atoms with Gasteiger partial charge in [-0.05, 0) is 50.3 Å². The number of methoxy groups -OCH3 is 1. The maximum atomic E-state index is 14.4. The van der Waals surface area contributed by atoms with Gasteiger partial charge in [0.05, 0.1) is 24.0 Å². The fourth-order valence-electron chi connectivity index (χ4n) is 4.80. The molecule has 2 aliphatic rings. The van der Waals surface area contributed by atoms with Gasteiger partial charge in [-0.15, -0.1) is 0 Å². The number of carbonyl (C=O) groups is 2. The fourth-order valence-corrected chi connectivity index (χ4v) is 5.13. The van der Waals surface area contributed by atoms with Crippen LogP contribution in [0.15, 0.2) is 28.9 Å². The van der Waals surface area contributed by atoms with Gasteiger partial charge in [0, 0.05) is 23.2 Å². The number of piperidine rings is 1. The fraction of sp³-hybridized carbons (Fsp3) is 0.476. The highest BCUT2D eigenvalue weighted by molar-refractivity contribution is 9.10. The Morgan fingerprint density at radius 1 is 1.42 bits per heavy atom. The Hall–Kier alpha value is -2.46. The highest BCUT2D eigenvalue weighted by Gasteiger charge is 2.51. The Kier molecular flexibility index (Phi) is 6.02. The van der Waals surface area contributed by atoms with Crippen LogP contribution in [0.4, 0.5) is 9.18 Å². The van der Waals surface area contributed by atoms with E-state index in [-0.39, 0.29) is 29.7 Å². The number of hydrogen-bond acceptors (Lipinski definition) is 4. The van der Waals surface area contributed by atoms with Crippen molar-refractivity contribution in [3.63, 3.8) is 0 Å². The molecule has 8 nitrogen and oxygen atoms in total. The quantitative estimate of drug-likeness (QED) is 0.567. The van der Waals surface area contributed by atoms with Crippen molar-refractivity contribution in [3.8, 4) is 11.3 Å². The zero-order valence-corrected chi connectivity index (χ0v) is 18.7. The number of benzene rings is 1. The third-order valence-electron chi connectivity index (χ3n) is 6.32. The van der Waals surface area contributed by atoms with Crippen molar-refractivity contribution in [2.24, 2.45) is 5.92 Å². The van der Waals surface area contributed by atoms with E-state index in [9.17, 15) is 19.1 Å². The summed E-state index contributed by atoms with van der Waals surface area (Å²) in [6.07, 6.45) is 2.31. The Morgan fingerprint density at radius 2 is 2.19 bits per heavy atom. The number of likely N-dealkylation sites (tertiary alicyclic amines) is 1. The summed E-state index contributed by atoms with van der Waals surface area (Å²) in [7, 11) is 1.44. The summed E-state index contributed by atoms with van der Waals surface area (Å²) in [5.41, 5.74) is 0.919. The summed E-state index contributed by atoms with van der Waals surface area (Å²) in [4.78, 5) is 34.1. The molecule has 4 rings (SSSR count). The number of nitrogens with one attached hydrogen (secondary N) is 2. The van der Waals surface area contributed by atoms with Gasteiger partial charge in [-0.1, -0.05) is 15.9 Å². The molecule has 5 atom stereocenters. The largest absolute Gasteiger partial charge is 0.465 e. The molecule has 1 aliphatic carbocycles. The maximum absolute atomic E-state index is 14.4. The Bertz CT molecular complexity index is 1000. The zero-order valence-electron chi connectivity index (χ0n) is 17.1. The monoisotopic (exact) mass is 494 g/mol. The lowest BCUT2D eigenvalue weighted by molar-refractivity contribution is -0.141. The summed E-state index contributed by atoms with van der Waals surface area (Å²) < 4.78 is 20.3. The van der Waals surface area contributed by atoms with E-state index in [1.165, 1.54) is 13.2 Å². The van der Waals surface area contributed by atoms with Crippen molar-refractivity contribution in [1.82, 2.24) is 20.2 Å². The predicted octanol–water partition coefficient (Wildman–Crippen LogP) is 3.70. The standard InChI is InChI=1S/C21H24BrFN4O4/c1-10(31-2)17(26-21(29)30)20(28)27-13-5-3-11(7-13)18(27)19-24-9-16(25-19)14-6-4-12(22)8-15(14)23/h4,6,8-11,13,17-18,26H,3,5,7H2,1-2H3,(H,24,25)(H,29,30)/t10-,11+,13-,17+,18?/m1/s1. The Balaban J connectivity index is 1.65. The number of carbonyl (C=O) groups excluding carboxylic acids is 1. The summed E-state index contributed by atoms with van der Waals surface area (Å²) in [6.45, 7) is 1.66. The average molecular weight is 495 g/mol. The highest BCUT2D eigenvalue weighted by Crippen LogP contribution is 2.50. The van der Waals surface area contributed by atoms with Crippen molar-refractivity contribution >= 4 is 27.9 Å². The van der Waals surface area contributed by atoms with E-state index in [0.29, 0.717) is 21.6 Å². The van der Waals surface area contributed by atoms with Gasteiger partial charge in [0.25, 0.3) is 0 Å². The molecule has 1 saturated carbocycles. The maximum Gasteiger partial charge on any atom is 0.405 e. The van der Waals surface area contributed by atoms with E-state index in [1.54, 1.807) is 30.2 Å². The lowest BCUT2D eigenvalue weighted by Gasteiger charge is -2.37. The van der Waals surface area contributed by atoms with Crippen LogP contribution >= 0.6 is 15.9 Å². The second-order valence-electron chi connectivity index (χ2n) is 8.09. The number of rotatable bonds is 6. The van der Waals surface area contributed by atoms with E-state index >= 15 is 0 Å². The number of halogens is 2. The highest BCUT2D eigenvalue weighted by atomic mass is 79.9. The van der Waals surface area contributed by atoms with Crippen LogP contribution in [-0.2, 0) is 9.53 Å². The minimum Gasteiger partial charge on any atom is -0.465 e. The molecule has 1 aromatic heterocycles. The van der Waals surface area contributed by atoms with Crippen LogP contribution in [0.2, 0.25) is 0 Å². The molecular formula is C21H24BrFN4O4. The third kappa shape index (κ3) is 4.06. The number of aromatic amines is 1. The number of aromatic nitrogens is 2. The first kappa shape index (κ1) is 21.8. The van der Waals surface area contributed by atoms with Crippen molar-refractivity contribution in [2.45, 2.75) is 50.4 Å². The lowest BCUT2D eigenvalue weighted by Crippen LogP contribution is -2.56. The molecule has 1 aromatic carbocycles. The van der Waals surface area contributed by atoms with Crippen LogP contribution in [0.5, 0.6) is 0 Å². The van der Waals surface area contributed by atoms with Crippen LogP contribution in [0, 0.1) is 11.7 Å². The minimum absolute atomic E-state index is 0.0163. The van der Waals surface area contributed by atoms with E-state index in [4.69, 9.17) is 4.74 Å². The van der Waals surface area contributed by atoms with Crippen molar-refractivity contribution < 1.29 is 23.8 Å². The van der Waals surface area contributed by atoms with E-state index in [1.807, 2.05) is 0 Å². The first-order valence-corrected chi connectivity index (χ1v) is 10.9. The molecule has 1 unspecified atom stereocenters. The van der Waals surface area contributed by atoms with Crippen molar-refractivity contribution in [2.75, 3.05) is 7.11 Å². The minimum atomic E-state index is -1.28. The molecular weight excluding hydrogens is 471 g/mol.